The Morgan fingerprint density at radius 2 is 1.95 bits per heavy atom. The maximum absolute atomic E-state index is 14.3. The highest BCUT2D eigenvalue weighted by molar-refractivity contribution is 5.40. The molecule has 116 valence electrons. The summed E-state index contributed by atoms with van der Waals surface area (Å²) >= 11 is 0. The van der Waals surface area contributed by atoms with Crippen molar-refractivity contribution in [1.29, 1.82) is 0 Å². The molecule has 1 fully saturated rings. The van der Waals surface area contributed by atoms with Crippen LogP contribution in [-0.4, -0.2) is 30.8 Å². The van der Waals surface area contributed by atoms with E-state index >= 15 is 0 Å². The second-order valence-corrected chi connectivity index (χ2v) is 6.26. The first kappa shape index (κ1) is 13.6. The van der Waals surface area contributed by atoms with Crippen LogP contribution in [0, 0.1) is 19.7 Å². The lowest BCUT2D eigenvalue weighted by molar-refractivity contribution is 0.465. The topological polar surface area (TPSA) is 68.5 Å². The largest absolute Gasteiger partial charge is 0.363 e. The maximum Gasteiger partial charge on any atom is 0.186 e. The molecule has 0 bridgehead atoms. The van der Waals surface area contributed by atoms with E-state index in [1.165, 1.54) is 0 Å². The van der Waals surface area contributed by atoms with Crippen LogP contribution < -0.4 is 5.32 Å². The van der Waals surface area contributed by atoms with Crippen LogP contribution in [0.2, 0.25) is 0 Å². The van der Waals surface area contributed by atoms with Crippen molar-refractivity contribution in [2.24, 2.45) is 0 Å². The fourth-order valence-electron chi connectivity index (χ4n) is 2.97. The molecule has 4 rings (SSSR count). The molecule has 0 unspecified atom stereocenters. The Bertz CT molecular complexity index is 721. The number of anilines is 1. The molecule has 1 aliphatic carbocycles. The van der Waals surface area contributed by atoms with Gasteiger partial charge in [0.05, 0.1) is 5.69 Å². The van der Waals surface area contributed by atoms with Gasteiger partial charge in [0.25, 0.3) is 0 Å². The Hall–Kier alpha value is -2.05. The number of aromatic nitrogens is 5. The number of hydrogen-bond donors (Lipinski definition) is 1. The molecule has 22 heavy (non-hydrogen) atoms. The Kier molecular flexibility index (Phi) is 3.09. The Labute approximate surface area is 128 Å². The van der Waals surface area contributed by atoms with Gasteiger partial charge in [0.2, 0.25) is 0 Å². The standard InChI is InChI=1S/C15H19FN6/c1-8-13(16)15(19-14(17-8)10-3-4-10)18-11-5-6-12-21-20-9(2)22(12)7-11/h10-11H,3-7H2,1-2H3,(H,17,18,19)/t11-/m1/s1. The van der Waals surface area contributed by atoms with Crippen LogP contribution in [0.5, 0.6) is 0 Å². The third-order valence-corrected chi connectivity index (χ3v) is 4.45. The third-order valence-electron chi connectivity index (χ3n) is 4.45. The van der Waals surface area contributed by atoms with Crippen LogP contribution in [0.25, 0.3) is 0 Å². The first-order valence-corrected chi connectivity index (χ1v) is 7.81. The Morgan fingerprint density at radius 3 is 2.73 bits per heavy atom. The highest BCUT2D eigenvalue weighted by Gasteiger charge is 2.29. The zero-order valence-corrected chi connectivity index (χ0v) is 12.8. The van der Waals surface area contributed by atoms with E-state index in [9.17, 15) is 4.39 Å². The van der Waals surface area contributed by atoms with Gasteiger partial charge in [-0.25, -0.2) is 14.4 Å². The molecule has 1 saturated carbocycles. The summed E-state index contributed by atoms with van der Waals surface area (Å²) in [5, 5.41) is 11.5. The SMILES string of the molecule is Cc1nc(C2CC2)nc(N[C@@H]2CCc3nnc(C)n3C2)c1F. The van der Waals surface area contributed by atoms with Gasteiger partial charge in [-0.1, -0.05) is 0 Å². The van der Waals surface area contributed by atoms with E-state index < -0.39 is 0 Å². The van der Waals surface area contributed by atoms with E-state index in [1.54, 1.807) is 6.92 Å². The van der Waals surface area contributed by atoms with E-state index in [1.807, 2.05) is 6.92 Å². The van der Waals surface area contributed by atoms with E-state index in [2.05, 4.69) is 30.0 Å². The molecule has 1 atom stereocenters. The van der Waals surface area contributed by atoms with Crippen molar-refractivity contribution in [2.45, 2.75) is 58.0 Å². The van der Waals surface area contributed by atoms with Crippen molar-refractivity contribution in [3.8, 4) is 0 Å². The number of hydrogen-bond acceptors (Lipinski definition) is 5. The number of aryl methyl sites for hydroxylation is 3. The summed E-state index contributed by atoms with van der Waals surface area (Å²) in [6.45, 7) is 4.39. The van der Waals surface area contributed by atoms with Crippen molar-refractivity contribution in [3.63, 3.8) is 0 Å². The number of nitrogens with zero attached hydrogens (tertiary/aromatic N) is 5. The highest BCUT2D eigenvalue weighted by Crippen LogP contribution is 2.38. The molecule has 2 aromatic heterocycles. The lowest BCUT2D eigenvalue weighted by Gasteiger charge is -2.25. The molecule has 1 aliphatic heterocycles. The van der Waals surface area contributed by atoms with E-state index in [0.717, 1.165) is 49.7 Å². The number of rotatable bonds is 3. The van der Waals surface area contributed by atoms with Gasteiger partial charge in [-0.15, -0.1) is 10.2 Å². The molecular weight excluding hydrogens is 283 g/mol. The van der Waals surface area contributed by atoms with E-state index in [4.69, 9.17) is 0 Å². The maximum atomic E-state index is 14.3. The zero-order valence-electron chi connectivity index (χ0n) is 12.8. The van der Waals surface area contributed by atoms with Gasteiger partial charge in [0.15, 0.2) is 11.6 Å². The highest BCUT2D eigenvalue weighted by atomic mass is 19.1. The molecule has 3 heterocycles. The molecule has 0 spiro atoms. The summed E-state index contributed by atoms with van der Waals surface area (Å²) in [6, 6.07) is 0.137. The molecular formula is C15H19FN6. The Morgan fingerprint density at radius 1 is 1.14 bits per heavy atom. The summed E-state index contributed by atoms with van der Waals surface area (Å²) in [5.41, 5.74) is 0.427. The zero-order chi connectivity index (χ0) is 15.3. The summed E-state index contributed by atoms with van der Waals surface area (Å²) in [7, 11) is 0. The van der Waals surface area contributed by atoms with Crippen LogP contribution in [0.1, 0.15) is 48.3 Å². The lowest BCUT2D eigenvalue weighted by atomic mass is 10.1. The molecule has 1 N–H and O–H groups in total. The minimum absolute atomic E-state index is 0.137. The van der Waals surface area contributed by atoms with Crippen molar-refractivity contribution in [2.75, 3.05) is 5.32 Å². The second-order valence-electron chi connectivity index (χ2n) is 6.26. The van der Waals surface area contributed by atoms with Crippen molar-refractivity contribution >= 4 is 5.82 Å². The number of fused-ring (bicyclic) bond motifs is 1. The first-order valence-electron chi connectivity index (χ1n) is 7.81. The average molecular weight is 302 g/mol. The van der Waals surface area contributed by atoms with Gasteiger partial charge in [-0.3, -0.25) is 0 Å². The number of halogens is 1. The van der Waals surface area contributed by atoms with Crippen molar-refractivity contribution in [3.05, 3.63) is 29.0 Å². The first-order chi connectivity index (χ1) is 10.6. The third kappa shape index (κ3) is 2.34. The van der Waals surface area contributed by atoms with Crippen LogP contribution in [0.15, 0.2) is 0 Å². The van der Waals surface area contributed by atoms with E-state index in [-0.39, 0.29) is 11.9 Å². The molecule has 2 aromatic rings. The van der Waals surface area contributed by atoms with Gasteiger partial charge in [-0.2, -0.15) is 0 Å². The molecule has 7 heteroatoms. The van der Waals surface area contributed by atoms with Gasteiger partial charge < -0.3 is 9.88 Å². The smallest absolute Gasteiger partial charge is 0.186 e. The fourth-order valence-corrected chi connectivity index (χ4v) is 2.97. The van der Waals surface area contributed by atoms with Gasteiger partial charge in [-0.05, 0) is 33.1 Å². The molecule has 6 nitrogen and oxygen atoms in total. The van der Waals surface area contributed by atoms with Crippen LogP contribution in [-0.2, 0) is 13.0 Å². The minimum atomic E-state index is -0.337. The second kappa shape index (κ2) is 5.00. The van der Waals surface area contributed by atoms with Gasteiger partial charge >= 0.3 is 0 Å². The number of nitrogens with one attached hydrogen (secondary N) is 1. The monoisotopic (exact) mass is 302 g/mol. The van der Waals surface area contributed by atoms with Crippen LogP contribution in [0.3, 0.4) is 0 Å². The summed E-state index contributed by atoms with van der Waals surface area (Å²) < 4.78 is 16.4. The fraction of sp³-hybridized carbons (Fsp3) is 0.600. The molecule has 0 saturated heterocycles. The van der Waals surface area contributed by atoms with Crippen molar-refractivity contribution in [1.82, 2.24) is 24.7 Å². The molecule has 2 aliphatic rings. The predicted molar refractivity (Wildman–Crippen MR) is 79.2 cm³/mol. The molecule has 0 radical (unpaired) electrons. The van der Waals surface area contributed by atoms with Gasteiger partial charge in [0, 0.05) is 24.9 Å². The summed E-state index contributed by atoms with van der Waals surface area (Å²) in [6.07, 6.45) is 3.97. The van der Waals surface area contributed by atoms with E-state index in [0.29, 0.717) is 17.4 Å². The average Bonchev–Trinajstić information content (AvgIpc) is 3.29. The predicted octanol–water partition coefficient (Wildman–Crippen LogP) is 2.13. The molecule has 0 amide bonds. The van der Waals surface area contributed by atoms with Gasteiger partial charge in [0.1, 0.15) is 17.5 Å². The lowest BCUT2D eigenvalue weighted by Crippen LogP contribution is -2.32. The normalized spacial score (nSPS) is 20.8. The van der Waals surface area contributed by atoms with Crippen LogP contribution >= 0.6 is 0 Å². The summed E-state index contributed by atoms with van der Waals surface area (Å²) in [5.74, 6) is 3.11. The quantitative estimate of drug-likeness (QED) is 0.940. The van der Waals surface area contributed by atoms with Crippen molar-refractivity contribution < 1.29 is 4.39 Å². The summed E-state index contributed by atoms with van der Waals surface area (Å²) in [4.78, 5) is 8.70. The van der Waals surface area contributed by atoms with Crippen LogP contribution in [0.4, 0.5) is 10.2 Å². The Balaban J connectivity index is 1.58. The molecule has 0 aromatic carbocycles. The minimum Gasteiger partial charge on any atom is -0.363 e.